The summed E-state index contributed by atoms with van der Waals surface area (Å²) in [5, 5.41) is 13.8. The third kappa shape index (κ3) is 4.01. The summed E-state index contributed by atoms with van der Waals surface area (Å²) in [4.78, 5) is 10.4. The van der Waals surface area contributed by atoms with Crippen molar-refractivity contribution in [1.29, 1.82) is 0 Å². The lowest BCUT2D eigenvalue weighted by atomic mass is 10.1. The molecule has 0 radical (unpaired) electrons. The van der Waals surface area contributed by atoms with Gasteiger partial charge in [0, 0.05) is 19.7 Å². The minimum absolute atomic E-state index is 0.0423. The van der Waals surface area contributed by atoms with Crippen LogP contribution in [0.5, 0.6) is 0 Å². The summed E-state index contributed by atoms with van der Waals surface area (Å²) in [6.07, 6.45) is 0. The molecule has 0 aliphatic carbocycles. The van der Waals surface area contributed by atoms with Gasteiger partial charge in [0.1, 0.15) is 5.69 Å². The smallest absolute Gasteiger partial charge is 0.292 e. The minimum Gasteiger partial charge on any atom is -0.383 e. The Balaban J connectivity index is 2.72. The van der Waals surface area contributed by atoms with Gasteiger partial charge in [-0.05, 0) is 13.0 Å². The Bertz CT molecular complexity index is 393. The van der Waals surface area contributed by atoms with Crippen molar-refractivity contribution < 1.29 is 9.66 Å². The van der Waals surface area contributed by atoms with Crippen LogP contribution in [0.4, 0.5) is 11.4 Å². The average Bonchev–Trinajstić information content (AvgIpc) is 2.27. The summed E-state index contributed by atoms with van der Waals surface area (Å²) in [6.45, 7) is 2.59. The highest BCUT2D eigenvalue weighted by Crippen LogP contribution is 2.23. The van der Waals surface area contributed by atoms with E-state index in [4.69, 9.17) is 10.5 Å². The van der Waals surface area contributed by atoms with E-state index >= 15 is 0 Å². The number of anilines is 1. The Kier molecular flexibility index (Phi) is 4.42. The molecule has 1 aromatic carbocycles. The van der Waals surface area contributed by atoms with Crippen LogP contribution in [0.25, 0.3) is 0 Å². The number of nitro benzene ring substituents is 1. The van der Waals surface area contributed by atoms with Crippen LogP contribution in [-0.4, -0.2) is 30.7 Å². The molecule has 0 aliphatic heterocycles. The second-order valence-corrected chi connectivity index (χ2v) is 4.21. The van der Waals surface area contributed by atoms with Gasteiger partial charge in [-0.25, -0.2) is 0 Å². The van der Waals surface area contributed by atoms with Crippen molar-refractivity contribution in [3.63, 3.8) is 0 Å². The molecule has 1 unspecified atom stereocenters. The summed E-state index contributed by atoms with van der Waals surface area (Å²) >= 11 is 0. The first-order valence-electron chi connectivity index (χ1n) is 5.21. The third-order valence-corrected chi connectivity index (χ3v) is 2.26. The van der Waals surface area contributed by atoms with Crippen molar-refractivity contribution in [2.24, 2.45) is 5.73 Å². The molecule has 0 aromatic heterocycles. The van der Waals surface area contributed by atoms with Crippen LogP contribution >= 0.6 is 0 Å². The van der Waals surface area contributed by atoms with Gasteiger partial charge in [-0.1, -0.05) is 12.1 Å². The molecule has 6 nitrogen and oxygen atoms in total. The van der Waals surface area contributed by atoms with Gasteiger partial charge in [-0.3, -0.25) is 10.1 Å². The molecular formula is C11H17N3O3. The van der Waals surface area contributed by atoms with Gasteiger partial charge >= 0.3 is 0 Å². The third-order valence-electron chi connectivity index (χ3n) is 2.26. The summed E-state index contributed by atoms with van der Waals surface area (Å²) < 4.78 is 4.97. The fourth-order valence-electron chi connectivity index (χ4n) is 1.46. The fraction of sp³-hybridized carbons (Fsp3) is 0.455. The lowest BCUT2D eigenvalue weighted by Crippen LogP contribution is -2.47. The highest BCUT2D eigenvalue weighted by atomic mass is 16.6. The van der Waals surface area contributed by atoms with Crippen LogP contribution in [0.1, 0.15) is 6.92 Å². The maximum Gasteiger partial charge on any atom is 0.292 e. The molecule has 17 heavy (non-hydrogen) atoms. The van der Waals surface area contributed by atoms with Crippen LogP contribution in [0.3, 0.4) is 0 Å². The summed E-state index contributed by atoms with van der Waals surface area (Å²) in [6, 6.07) is 6.47. The molecule has 0 saturated heterocycles. The predicted molar refractivity (Wildman–Crippen MR) is 66.1 cm³/mol. The number of nitrogens with two attached hydrogens (primary N) is 1. The van der Waals surface area contributed by atoms with E-state index in [-0.39, 0.29) is 5.69 Å². The molecule has 0 bridgehead atoms. The zero-order chi connectivity index (χ0) is 12.9. The monoisotopic (exact) mass is 239 g/mol. The molecule has 1 atom stereocenters. The standard InChI is InChI=1S/C11H17N3O3/c1-11(12,8-17-2)7-13-9-5-3-4-6-10(9)14(15)16/h3-6,13H,7-8,12H2,1-2H3. The van der Waals surface area contributed by atoms with Crippen molar-refractivity contribution in [2.75, 3.05) is 25.6 Å². The molecule has 94 valence electrons. The van der Waals surface area contributed by atoms with Crippen molar-refractivity contribution in [3.8, 4) is 0 Å². The van der Waals surface area contributed by atoms with Crippen LogP contribution in [0.2, 0.25) is 0 Å². The van der Waals surface area contributed by atoms with Crippen molar-refractivity contribution in [1.82, 2.24) is 0 Å². The van der Waals surface area contributed by atoms with Gasteiger partial charge in [0.25, 0.3) is 5.69 Å². The van der Waals surface area contributed by atoms with E-state index < -0.39 is 10.5 Å². The maximum absolute atomic E-state index is 10.8. The zero-order valence-electron chi connectivity index (χ0n) is 9.97. The molecule has 1 aromatic rings. The van der Waals surface area contributed by atoms with Gasteiger partial charge in [0.05, 0.1) is 17.1 Å². The first-order chi connectivity index (χ1) is 7.96. The van der Waals surface area contributed by atoms with Crippen molar-refractivity contribution >= 4 is 11.4 Å². The fourth-order valence-corrected chi connectivity index (χ4v) is 1.46. The molecule has 0 amide bonds. The quantitative estimate of drug-likeness (QED) is 0.578. The van der Waals surface area contributed by atoms with Crippen molar-refractivity contribution in [3.05, 3.63) is 34.4 Å². The Hall–Kier alpha value is -1.66. The molecule has 6 heteroatoms. The second-order valence-electron chi connectivity index (χ2n) is 4.21. The molecule has 0 fully saturated rings. The molecule has 0 aliphatic rings. The largest absolute Gasteiger partial charge is 0.383 e. The Labute approximate surface area is 99.9 Å². The SMILES string of the molecule is COCC(C)(N)CNc1ccccc1[N+](=O)[O-]. The topological polar surface area (TPSA) is 90.4 Å². The number of hydrogen-bond acceptors (Lipinski definition) is 5. The summed E-state index contributed by atoms with van der Waals surface area (Å²) in [5.41, 5.74) is 5.88. The number of hydrogen-bond donors (Lipinski definition) is 2. The highest BCUT2D eigenvalue weighted by Gasteiger charge is 2.20. The number of nitrogens with zero attached hydrogens (tertiary/aromatic N) is 1. The number of nitrogens with one attached hydrogen (secondary N) is 1. The zero-order valence-corrected chi connectivity index (χ0v) is 9.97. The maximum atomic E-state index is 10.8. The number of benzene rings is 1. The van der Waals surface area contributed by atoms with Gasteiger partial charge < -0.3 is 15.8 Å². The minimum atomic E-state index is -0.571. The van der Waals surface area contributed by atoms with E-state index in [1.165, 1.54) is 6.07 Å². The van der Waals surface area contributed by atoms with Gasteiger partial charge in [-0.2, -0.15) is 0 Å². The molecule has 0 heterocycles. The van der Waals surface area contributed by atoms with Crippen LogP contribution < -0.4 is 11.1 Å². The van der Waals surface area contributed by atoms with Gasteiger partial charge in [-0.15, -0.1) is 0 Å². The molecule has 0 saturated carbocycles. The number of nitro groups is 1. The summed E-state index contributed by atoms with van der Waals surface area (Å²) in [7, 11) is 1.57. The Morgan fingerprint density at radius 2 is 2.18 bits per heavy atom. The second kappa shape index (κ2) is 5.60. The first-order valence-corrected chi connectivity index (χ1v) is 5.21. The van der Waals surface area contributed by atoms with E-state index in [1.807, 2.05) is 6.92 Å². The van der Waals surface area contributed by atoms with E-state index in [9.17, 15) is 10.1 Å². The predicted octanol–water partition coefficient (Wildman–Crippen LogP) is 1.37. The molecule has 1 rings (SSSR count). The van der Waals surface area contributed by atoms with Crippen LogP contribution in [-0.2, 0) is 4.74 Å². The average molecular weight is 239 g/mol. The van der Waals surface area contributed by atoms with Gasteiger partial charge in [0.2, 0.25) is 0 Å². The van der Waals surface area contributed by atoms with E-state index in [1.54, 1.807) is 25.3 Å². The number of methoxy groups -OCH3 is 1. The summed E-state index contributed by atoms with van der Waals surface area (Å²) in [5.74, 6) is 0. The Morgan fingerprint density at radius 1 is 1.53 bits per heavy atom. The lowest BCUT2D eigenvalue weighted by Gasteiger charge is -2.24. The van der Waals surface area contributed by atoms with Crippen molar-refractivity contribution in [2.45, 2.75) is 12.5 Å². The normalized spacial score (nSPS) is 14.1. The lowest BCUT2D eigenvalue weighted by molar-refractivity contribution is -0.384. The van der Waals surface area contributed by atoms with E-state index in [0.29, 0.717) is 18.8 Å². The number of rotatable bonds is 6. The molecule has 0 spiro atoms. The van der Waals surface area contributed by atoms with Crippen LogP contribution in [0.15, 0.2) is 24.3 Å². The molecule has 3 N–H and O–H groups in total. The van der Waals surface area contributed by atoms with E-state index in [2.05, 4.69) is 5.32 Å². The number of para-hydroxylation sites is 2. The molecular weight excluding hydrogens is 222 g/mol. The number of ether oxygens (including phenoxy) is 1. The van der Waals surface area contributed by atoms with E-state index in [0.717, 1.165) is 0 Å². The first kappa shape index (κ1) is 13.4. The van der Waals surface area contributed by atoms with Gasteiger partial charge in [0.15, 0.2) is 0 Å². The highest BCUT2D eigenvalue weighted by molar-refractivity contribution is 5.61. The Morgan fingerprint density at radius 3 is 2.76 bits per heavy atom. The van der Waals surface area contributed by atoms with Crippen LogP contribution in [0, 0.1) is 10.1 Å².